The molecule has 0 unspecified atom stereocenters. The zero-order valence-electron chi connectivity index (χ0n) is 15.5. The van der Waals surface area contributed by atoms with Crippen LogP contribution in [-0.2, 0) is 4.79 Å². The zero-order chi connectivity index (χ0) is 19.1. The molecule has 3 aromatic rings. The van der Waals surface area contributed by atoms with E-state index in [4.69, 9.17) is 4.74 Å². The van der Waals surface area contributed by atoms with Gasteiger partial charge in [0.25, 0.3) is 0 Å². The Labute approximate surface area is 164 Å². The van der Waals surface area contributed by atoms with Crippen molar-refractivity contribution in [1.82, 2.24) is 5.32 Å². The van der Waals surface area contributed by atoms with Gasteiger partial charge in [0.05, 0.1) is 18.4 Å². The zero-order valence-corrected chi connectivity index (χ0v) is 16.3. The molecular formula is C23H23NO2S. The number of hydrogen-bond acceptors (Lipinski definition) is 3. The van der Waals surface area contributed by atoms with Gasteiger partial charge in [-0.05, 0) is 42.3 Å². The van der Waals surface area contributed by atoms with Crippen molar-refractivity contribution in [1.29, 1.82) is 0 Å². The number of rotatable bonds is 7. The molecule has 27 heavy (non-hydrogen) atoms. The number of methoxy groups -OCH3 is 1. The molecule has 0 saturated heterocycles. The van der Waals surface area contributed by atoms with E-state index in [0.717, 1.165) is 21.8 Å². The third-order valence-electron chi connectivity index (χ3n) is 4.29. The van der Waals surface area contributed by atoms with Gasteiger partial charge in [0.1, 0.15) is 5.75 Å². The second kappa shape index (κ2) is 9.28. The number of benzene rings is 3. The monoisotopic (exact) mass is 377 g/mol. The highest BCUT2D eigenvalue weighted by atomic mass is 32.2. The van der Waals surface area contributed by atoms with Crippen LogP contribution in [-0.4, -0.2) is 18.3 Å². The summed E-state index contributed by atoms with van der Waals surface area (Å²) in [6, 6.07) is 27.7. The summed E-state index contributed by atoms with van der Waals surface area (Å²) < 4.78 is 5.18. The highest BCUT2D eigenvalue weighted by molar-refractivity contribution is 8.00. The Bertz CT molecular complexity index is 811. The average molecular weight is 378 g/mol. The summed E-state index contributed by atoms with van der Waals surface area (Å²) in [6.07, 6.45) is 0. The fraction of sp³-hybridized carbons (Fsp3) is 0.174. The van der Waals surface area contributed by atoms with Crippen molar-refractivity contribution in [3.8, 4) is 5.75 Å². The molecule has 4 heteroatoms. The smallest absolute Gasteiger partial charge is 0.233 e. The molecule has 0 aliphatic rings. The van der Waals surface area contributed by atoms with Crippen LogP contribution in [0.15, 0.2) is 89.8 Å². The number of ether oxygens (including phenoxy) is 1. The van der Waals surface area contributed by atoms with Crippen molar-refractivity contribution in [2.75, 3.05) is 7.11 Å². The average Bonchev–Trinajstić information content (AvgIpc) is 2.73. The van der Waals surface area contributed by atoms with Gasteiger partial charge < -0.3 is 10.1 Å². The predicted molar refractivity (Wildman–Crippen MR) is 111 cm³/mol. The van der Waals surface area contributed by atoms with Crippen molar-refractivity contribution in [3.63, 3.8) is 0 Å². The van der Waals surface area contributed by atoms with E-state index < -0.39 is 0 Å². The number of carbonyl (C=O) groups excluding carboxylic acids is 1. The van der Waals surface area contributed by atoms with E-state index in [1.54, 1.807) is 7.11 Å². The Kier molecular flexibility index (Phi) is 6.55. The van der Waals surface area contributed by atoms with E-state index in [9.17, 15) is 4.79 Å². The van der Waals surface area contributed by atoms with E-state index in [2.05, 4.69) is 5.32 Å². The van der Waals surface area contributed by atoms with Gasteiger partial charge in [-0.1, -0.05) is 60.7 Å². The first-order valence-corrected chi connectivity index (χ1v) is 9.76. The molecule has 0 fully saturated rings. The van der Waals surface area contributed by atoms with Gasteiger partial charge in [-0.2, -0.15) is 0 Å². The Balaban J connectivity index is 1.73. The molecule has 3 aromatic carbocycles. The molecule has 0 heterocycles. The summed E-state index contributed by atoms with van der Waals surface area (Å²) in [5, 5.41) is 2.99. The van der Waals surface area contributed by atoms with Gasteiger partial charge in [-0.3, -0.25) is 4.79 Å². The van der Waals surface area contributed by atoms with Crippen LogP contribution in [0.3, 0.4) is 0 Å². The Hall–Kier alpha value is -2.72. The lowest BCUT2D eigenvalue weighted by Gasteiger charge is -2.22. The third-order valence-corrected chi connectivity index (χ3v) is 5.41. The molecule has 0 aromatic heterocycles. The van der Waals surface area contributed by atoms with Gasteiger partial charge in [-0.25, -0.2) is 0 Å². The first-order chi connectivity index (χ1) is 13.2. The molecule has 0 radical (unpaired) electrons. The van der Waals surface area contributed by atoms with Crippen LogP contribution in [0.5, 0.6) is 5.75 Å². The van der Waals surface area contributed by atoms with Crippen LogP contribution in [0.25, 0.3) is 0 Å². The molecule has 3 nitrogen and oxygen atoms in total. The molecule has 1 atom stereocenters. The molecule has 0 saturated carbocycles. The number of carbonyl (C=O) groups is 1. The molecule has 138 valence electrons. The minimum Gasteiger partial charge on any atom is -0.497 e. The van der Waals surface area contributed by atoms with Crippen LogP contribution >= 0.6 is 11.8 Å². The molecule has 0 aliphatic carbocycles. The van der Waals surface area contributed by atoms with E-state index in [-0.39, 0.29) is 17.2 Å². The first-order valence-electron chi connectivity index (χ1n) is 8.88. The molecule has 0 spiro atoms. The fourth-order valence-electron chi connectivity index (χ4n) is 2.82. The van der Waals surface area contributed by atoms with Gasteiger partial charge in [0.15, 0.2) is 0 Å². The van der Waals surface area contributed by atoms with Gasteiger partial charge in [0, 0.05) is 4.90 Å². The summed E-state index contributed by atoms with van der Waals surface area (Å²) in [4.78, 5) is 13.9. The lowest BCUT2D eigenvalue weighted by Crippen LogP contribution is -2.34. The summed E-state index contributed by atoms with van der Waals surface area (Å²) in [6.45, 7) is 1.93. The molecule has 0 aliphatic heterocycles. The maximum Gasteiger partial charge on any atom is 0.233 e. The van der Waals surface area contributed by atoms with Crippen LogP contribution in [0.1, 0.15) is 24.1 Å². The third kappa shape index (κ3) is 5.14. The van der Waals surface area contributed by atoms with Crippen LogP contribution in [0.4, 0.5) is 0 Å². The van der Waals surface area contributed by atoms with Gasteiger partial charge in [0.2, 0.25) is 5.91 Å². The second-order valence-corrected chi connectivity index (χ2v) is 7.61. The number of thioether (sulfide) groups is 1. The van der Waals surface area contributed by atoms with E-state index in [1.807, 2.05) is 91.9 Å². The maximum atomic E-state index is 12.9. The van der Waals surface area contributed by atoms with Crippen LogP contribution in [0, 0.1) is 0 Å². The standard InChI is InChI=1S/C23H23NO2S/c1-17(27-21-15-13-20(26-2)14-16-21)23(25)24-22(18-9-5-3-6-10-18)19-11-7-4-8-12-19/h3-17,22H,1-2H3,(H,24,25)/t17-/m0/s1. The second-order valence-electron chi connectivity index (χ2n) is 6.20. The molecule has 0 bridgehead atoms. The summed E-state index contributed by atoms with van der Waals surface area (Å²) in [7, 11) is 1.64. The first kappa shape index (κ1) is 19.1. The molecule has 1 amide bonds. The fourth-order valence-corrected chi connectivity index (χ4v) is 3.70. The van der Waals surface area contributed by atoms with Crippen molar-refractivity contribution in [2.45, 2.75) is 23.1 Å². The summed E-state index contributed by atoms with van der Waals surface area (Å²) >= 11 is 1.54. The van der Waals surface area contributed by atoms with Crippen molar-refractivity contribution < 1.29 is 9.53 Å². The van der Waals surface area contributed by atoms with Gasteiger partial charge in [-0.15, -0.1) is 11.8 Å². The molecule has 1 N–H and O–H groups in total. The highest BCUT2D eigenvalue weighted by Gasteiger charge is 2.21. The lowest BCUT2D eigenvalue weighted by atomic mass is 9.98. The van der Waals surface area contributed by atoms with Crippen molar-refractivity contribution in [2.24, 2.45) is 0 Å². The van der Waals surface area contributed by atoms with Crippen LogP contribution in [0.2, 0.25) is 0 Å². The van der Waals surface area contributed by atoms with Crippen molar-refractivity contribution in [3.05, 3.63) is 96.1 Å². The van der Waals surface area contributed by atoms with E-state index >= 15 is 0 Å². The maximum absolute atomic E-state index is 12.9. The van der Waals surface area contributed by atoms with Crippen molar-refractivity contribution >= 4 is 17.7 Å². The molecular weight excluding hydrogens is 354 g/mol. The van der Waals surface area contributed by atoms with Crippen LogP contribution < -0.4 is 10.1 Å². The predicted octanol–water partition coefficient (Wildman–Crippen LogP) is 5.08. The number of amides is 1. The SMILES string of the molecule is COc1ccc(S[C@@H](C)C(=O)NC(c2ccccc2)c2ccccc2)cc1. The minimum absolute atomic E-state index is 0.00789. The Morgan fingerprint density at radius 3 is 1.85 bits per heavy atom. The largest absolute Gasteiger partial charge is 0.497 e. The quantitative estimate of drug-likeness (QED) is 0.584. The lowest BCUT2D eigenvalue weighted by molar-refractivity contribution is -0.120. The Morgan fingerprint density at radius 2 is 1.37 bits per heavy atom. The molecule has 3 rings (SSSR count). The highest BCUT2D eigenvalue weighted by Crippen LogP contribution is 2.27. The topological polar surface area (TPSA) is 38.3 Å². The summed E-state index contributed by atoms with van der Waals surface area (Å²) in [5.74, 6) is 0.818. The normalized spacial score (nSPS) is 11.8. The number of nitrogens with one attached hydrogen (secondary N) is 1. The van der Waals surface area contributed by atoms with E-state index in [0.29, 0.717) is 0 Å². The minimum atomic E-state index is -0.215. The van der Waals surface area contributed by atoms with Gasteiger partial charge >= 0.3 is 0 Å². The number of hydrogen-bond donors (Lipinski definition) is 1. The summed E-state index contributed by atoms with van der Waals surface area (Å²) in [5.41, 5.74) is 2.14. The van der Waals surface area contributed by atoms with E-state index in [1.165, 1.54) is 11.8 Å². The Morgan fingerprint density at radius 1 is 0.852 bits per heavy atom.